The first-order valence-corrected chi connectivity index (χ1v) is 9.26. The maximum atomic E-state index is 12.3. The van der Waals surface area contributed by atoms with Crippen LogP contribution in [0, 0.1) is 0 Å². The first-order chi connectivity index (χ1) is 10.6. The minimum absolute atomic E-state index is 0.428. The minimum Gasteiger partial charge on any atom is -0.366 e. The largest absolute Gasteiger partial charge is 0.366 e. The van der Waals surface area contributed by atoms with Gasteiger partial charge in [0.25, 0.3) is 0 Å². The molecule has 1 aromatic rings. The van der Waals surface area contributed by atoms with Gasteiger partial charge < -0.3 is 5.73 Å². The number of nitrogens with two attached hydrogens (primary N) is 1. The van der Waals surface area contributed by atoms with Gasteiger partial charge in [0.05, 0.1) is 4.75 Å². The summed E-state index contributed by atoms with van der Waals surface area (Å²) < 4.78 is 26.3. The van der Waals surface area contributed by atoms with E-state index in [0.29, 0.717) is 11.3 Å². The fourth-order valence-electron chi connectivity index (χ4n) is 2.48. The van der Waals surface area contributed by atoms with Gasteiger partial charge in [0.15, 0.2) is 0 Å². The zero-order chi connectivity index (χ0) is 17.3. The van der Waals surface area contributed by atoms with E-state index in [1.807, 2.05) is 0 Å². The minimum atomic E-state index is -3.52. The number of benzene rings is 1. The van der Waals surface area contributed by atoms with Gasteiger partial charge in [-0.15, -0.1) is 0 Å². The van der Waals surface area contributed by atoms with Gasteiger partial charge in [0.1, 0.15) is 0 Å². The van der Waals surface area contributed by atoms with Crippen molar-refractivity contribution in [1.29, 1.82) is 0 Å². The summed E-state index contributed by atoms with van der Waals surface area (Å²) >= 11 is 0. The lowest BCUT2D eigenvalue weighted by molar-refractivity contribution is 0.1000. The second kappa shape index (κ2) is 6.35. The van der Waals surface area contributed by atoms with Crippen molar-refractivity contribution in [3.8, 4) is 0 Å². The van der Waals surface area contributed by atoms with Crippen LogP contribution in [0.5, 0.6) is 0 Å². The molecule has 0 spiro atoms. The second-order valence-corrected chi connectivity index (χ2v) is 9.25. The monoisotopic (exact) mass is 336 g/mol. The SMILES string of the molecule is CC(C)(C)S(=O)(=O)Nc1ccc(C(N)=O)c(C2=CCCCC2)c1. The molecular formula is C17H24N2O3S. The molecule has 0 aromatic heterocycles. The van der Waals surface area contributed by atoms with Crippen LogP contribution < -0.4 is 10.5 Å². The Morgan fingerprint density at radius 1 is 1.22 bits per heavy atom. The van der Waals surface area contributed by atoms with Crippen molar-refractivity contribution in [1.82, 2.24) is 0 Å². The average molecular weight is 336 g/mol. The van der Waals surface area contributed by atoms with Crippen LogP contribution >= 0.6 is 0 Å². The third-order valence-corrected chi connectivity index (χ3v) is 6.10. The standard InChI is InChI=1S/C17H24N2O3S/c1-17(2,3)23(21,22)19-13-9-10-14(16(18)20)15(11-13)12-7-5-4-6-8-12/h7,9-11,19H,4-6,8H2,1-3H3,(H2,18,20). The number of sulfonamides is 1. The van der Waals surface area contributed by atoms with Crippen molar-refractivity contribution in [3.05, 3.63) is 35.4 Å². The number of carbonyl (C=O) groups excluding carboxylic acids is 1. The molecular weight excluding hydrogens is 312 g/mol. The Labute approximate surface area is 138 Å². The molecule has 0 saturated carbocycles. The van der Waals surface area contributed by atoms with Gasteiger partial charge >= 0.3 is 0 Å². The van der Waals surface area contributed by atoms with Crippen molar-refractivity contribution in [3.63, 3.8) is 0 Å². The number of amides is 1. The summed E-state index contributed by atoms with van der Waals surface area (Å²) in [5, 5.41) is 0. The van der Waals surface area contributed by atoms with E-state index in [9.17, 15) is 13.2 Å². The molecule has 0 radical (unpaired) electrons. The van der Waals surface area contributed by atoms with E-state index >= 15 is 0 Å². The van der Waals surface area contributed by atoms with E-state index in [4.69, 9.17) is 5.73 Å². The number of primary amides is 1. The quantitative estimate of drug-likeness (QED) is 0.884. The smallest absolute Gasteiger partial charge is 0.249 e. The van der Waals surface area contributed by atoms with Crippen LogP contribution in [0.15, 0.2) is 24.3 Å². The third-order valence-electron chi connectivity index (χ3n) is 3.98. The van der Waals surface area contributed by atoms with Crippen molar-refractivity contribution in [2.75, 3.05) is 4.72 Å². The number of carbonyl (C=O) groups is 1. The summed E-state index contributed by atoms with van der Waals surface area (Å²) in [4.78, 5) is 11.7. The van der Waals surface area contributed by atoms with E-state index in [1.165, 1.54) is 0 Å². The average Bonchev–Trinajstić information content (AvgIpc) is 2.46. The van der Waals surface area contributed by atoms with E-state index in [-0.39, 0.29) is 0 Å². The topological polar surface area (TPSA) is 89.3 Å². The van der Waals surface area contributed by atoms with E-state index in [1.54, 1.807) is 39.0 Å². The van der Waals surface area contributed by atoms with Gasteiger partial charge in [-0.05, 0) is 75.8 Å². The lowest BCUT2D eigenvalue weighted by Crippen LogP contribution is -2.33. The summed E-state index contributed by atoms with van der Waals surface area (Å²) in [6.45, 7) is 4.91. The summed E-state index contributed by atoms with van der Waals surface area (Å²) in [5.74, 6) is -0.503. The maximum Gasteiger partial charge on any atom is 0.249 e. The predicted molar refractivity (Wildman–Crippen MR) is 93.7 cm³/mol. The van der Waals surface area contributed by atoms with Crippen LogP contribution in [-0.2, 0) is 10.0 Å². The number of anilines is 1. The molecule has 0 heterocycles. The molecule has 1 aliphatic carbocycles. The molecule has 1 aromatic carbocycles. The van der Waals surface area contributed by atoms with Gasteiger partial charge in [0, 0.05) is 11.3 Å². The molecule has 0 unspecified atom stereocenters. The highest BCUT2D eigenvalue weighted by Gasteiger charge is 2.29. The zero-order valence-corrected chi connectivity index (χ0v) is 14.7. The summed E-state index contributed by atoms with van der Waals surface area (Å²) in [6.07, 6.45) is 6.13. The summed E-state index contributed by atoms with van der Waals surface area (Å²) in [7, 11) is -3.52. The first kappa shape index (κ1) is 17.5. The Morgan fingerprint density at radius 3 is 2.43 bits per heavy atom. The van der Waals surface area contributed by atoms with Crippen LogP contribution in [0.3, 0.4) is 0 Å². The van der Waals surface area contributed by atoms with Gasteiger partial charge in [-0.2, -0.15) is 0 Å². The van der Waals surface area contributed by atoms with Crippen LogP contribution in [0.4, 0.5) is 5.69 Å². The Hall–Kier alpha value is -1.82. The number of allylic oxidation sites excluding steroid dienone is 2. The number of nitrogens with one attached hydrogen (secondary N) is 1. The summed E-state index contributed by atoms with van der Waals surface area (Å²) in [5.41, 5.74) is 8.13. The van der Waals surface area contributed by atoms with Gasteiger partial charge in [-0.25, -0.2) is 8.42 Å². The third kappa shape index (κ3) is 3.93. The first-order valence-electron chi connectivity index (χ1n) is 7.77. The Morgan fingerprint density at radius 2 is 1.91 bits per heavy atom. The molecule has 23 heavy (non-hydrogen) atoms. The number of hydrogen-bond acceptors (Lipinski definition) is 3. The molecule has 0 atom stereocenters. The lowest BCUT2D eigenvalue weighted by atomic mass is 9.90. The van der Waals surface area contributed by atoms with E-state index < -0.39 is 20.7 Å². The van der Waals surface area contributed by atoms with Crippen LogP contribution in [0.25, 0.3) is 5.57 Å². The molecule has 0 saturated heterocycles. The molecule has 2 rings (SSSR count). The summed E-state index contributed by atoms with van der Waals surface area (Å²) in [6, 6.07) is 4.88. The molecule has 3 N–H and O–H groups in total. The Bertz CT molecular complexity index is 744. The van der Waals surface area contributed by atoms with Crippen LogP contribution in [0.1, 0.15) is 62.4 Å². The predicted octanol–water partition coefficient (Wildman–Crippen LogP) is 3.28. The number of hydrogen-bond donors (Lipinski definition) is 2. The Kier molecular flexibility index (Phi) is 4.84. The number of rotatable bonds is 4. The van der Waals surface area contributed by atoms with E-state index in [0.717, 1.165) is 36.8 Å². The zero-order valence-electron chi connectivity index (χ0n) is 13.8. The molecule has 0 aliphatic heterocycles. The van der Waals surface area contributed by atoms with Crippen LogP contribution in [-0.4, -0.2) is 19.1 Å². The van der Waals surface area contributed by atoms with E-state index in [2.05, 4.69) is 10.8 Å². The second-order valence-electron chi connectivity index (χ2n) is 6.82. The van der Waals surface area contributed by atoms with Gasteiger partial charge in [0.2, 0.25) is 15.9 Å². The van der Waals surface area contributed by atoms with Crippen molar-refractivity contribution in [2.45, 2.75) is 51.2 Å². The highest BCUT2D eigenvalue weighted by atomic mass is 32.2. The fourth-order valence-corrected chi connectivity index (χ4v) is 3.22. The molecule has 6 heteroatoms. The van der Waals surface area contributed by atoms with Gasteiger partial charge in [-0.3, -0.25) is 9.52 Å². The fraction of sp³-hybridized carbons (Fsp3) is 0.471. The molecule has 5 nitrogen and oxygen atoms in total. The van der Waals surface area contributed by atoms with Crippen molar-refractivity contribution in [2.24, 2.45) is 5.73 Å². The lowest BCUT2D eigenvalue weighted by Gasteiger charge is -2.22. The molecule has 1 aliphatic rings. The highest BCUT2D eigenvalue weighted by Crippen LogP contribution is 2.31. The molecule has 0 fully saturated rings. The molecule has 0 bridgehead atoms. The van der Waals surface area contributed by atoms with Crippen molar-refractivity contribution < 1.29 is 13.2 Å². The van der Waals surface area contributed by atoms with Crippen molar-refractivity contribution >= 4 is 27.2 Å². The highest BCUT2D eigenvalue weighted by molar-refractivity contribution is 7.94. The maximum absolute atomic E-state index is 12.3. The molecule has 1 amide bonds. The van der Waals surface area contributed by atoms with Gasteiger partial charge in [-0.1, -0.05) is 6.08 Å². The normalized spacial score (nSPS) is 15.9. The Balaban J connectivity index is 2.45. The van der Waals surface area contributed by atoms with Crippen LogP contribution in [0.2, 0.25) is 0 Å². The molecule has 126 valence electrons.